The molecular formula is C20H37N3O2. The SMILES string of the molecule is CCNC(=NCCC1CC2CCC1C2)N1CCC(COCCOC)C1. The molecule has 1 aliphatic heterocycles. The van der Waals surface area contributed by atoms with Crippen molar-refractivity contribution in [3.8, 4) is 0 Å². The van der Waals surface area contributed by atoms with E-state index in [0.29, 0.717) is 19.1 Å². The maximum atomic E-state index is 5.71. The first-order chi connectivity index (χ1) is 12.3. The van der Waals surface area contributed by atoms with Gasteiger partial charge in [-0.1, -0.05) is 6.42 Å². The van der Waals surface area contributed by atoms with E-state index in [9.17, 15) is 0 Å². The van der Waals surface area contributed by atoms with Crippen LogP contribution in [0.25, 0.3) is 0 Å². The van der Waals surface area contributed by atoms with Gasteiger partial charge in [0, 0.05) is 39.2 Å². The van der Waals surface area contributed by atoms with Crippen molar-refractivity contribution in [2.75, 3.05) is 53.1 Å². The van der Waals surface area contributed by atoms with E-state index in [0.717, 1.165) is 56.5 Å². The largest absolute Gasteiger partial charge is 0.382 e. The summed E-state index contributed by atoms with van der Waals surface area (Å²) < 4.78 is 10.7. The Morgan fingerprint density at radius 1 is 1.20 bits per heavy atom. The summed E-state index contributed by atoms with van der Waals surface area (Å²) in [6.45, 7) is 8.47. The second kappa shape index (κ2) is 9.77. The summed E-state index contributed by atoms with van der Waals surface area (Å²) in [5.41, 5.74) is 0. The van der Waals surface area contributed by atoms with Crippen molar-refractivity contribution in [3.63, 3.8) is 0 Å². The highest BCUT2D eigenvalue weighted by Crippen LogP contribution is 2.49. The molecule has 144 valence electrons. The van der Waals surface area contributed by atoms with Crippen LogP contribution in [0.1, 0.15) is 45.4 Å². The summed E-state index contributed by atoms with van der Waals surface area (Å²) in [5.74, 6) is 4.75. The third-order valence-electron chi connectivity index (χ3n) is 6.35. The molecule has 3 fully saturated rings. The molecule has 1 heterocycles. The number of rotatable bonds is 9. The number of aliphatic imine (C=N–C) groups is 1. The Morgan fingerprint density at radius 3 is 2.84 bits per heavy atom. The minimum atomic E-state index is 0.617. The lowest BCUT2D eigenvalue weighted by molar-refractivity contribution is 0.0536. The van der Waals surface area contributed by atoms with Crippen LogP contribution in [0.5, 0.6) is 0 Å². The molecule has 2 bridgehead atoms. The van der Waals surface area contributed by atoms with Crippen LogP contribution < -0.4 is 5.32 Å². The fourth-order valence-electron chi connectivity index (χ4n) is 5.05. The van der Waals surface area contributed by atoms with Gasteiger partial charge in [0.2, 0.25) is 0 Å². The van der Waals surface area contributed by atoms with E-state index in [1.165, 1.54) is 38.5 Å². The maximum absolute atomic E-state index is 5.71. The average molecular weight is 352 g/mol. The highest BCUT2D eigenvalue weighted by molar-refractivity contribution is 5.80. The number of ether oxygens (including phenoxy) is 2. The molecule has 0 aromatic heterocycles. The van der Waals surface area contributed by atoms with E-state index >= 15 is 0 Å². The molecule has 0 amide bonds. The highest BCUT2D eigenvalue weighted by atomic mass is 16.5. The van der Waals surface area contributed by atoms with E-state index in [4.69, 9.17) is 14.5 Å². The third-order valence-corrected chi connectivity index (χ3v) is 6.35. The molecule has 25 heavy (non-hydrogen) atoms. The second-order valence-corrected chi connectivity index (χ2v) is 8.13. The van der Waals surface area contributed by atoms with E-state index in [2.05, 4.69) is 17.1 Å². The normalized spacial score (nSPS) is 31.9. The van der Waals surface area contributed by atoms with Gasteiger partial charge in [-0.2, -0.15) is 0 Å². The van der Waals surface area contributed by atoms with Crippen LogP contribution in [-0.4, -0.2) is 64.0 Å². The topological polar surface area (TPSA) is 46.1 Å². The fraction of sp³-hybridized carbons (Fsp3) is 0.950. The first kappa shape index (κ1) is 19.0. The van der Waals surface area contributed by atoms with Gasteiger partial charge in [0.15, 0.2) is 5.96 Å². The summed E-state index contributed by atoms with van der Waals surface area (Å²) in [4.78, 5) is 7.38. The number of guanidine groups is 1. The lowest BCUT2D eigenvalue weighted by Crippen LogP contribution is -2.40. The van der Waals surface area contributed by atoms with E-state index in [-0.39, 0.29) is 0 Å². The molecule has 1 saturated heterocycles. The number of methoxy groups -OCH3 is 1. The van der Waals surface area contributed by atoms with E-state index < -0.39 is 0 Å². The summed E-state index contributed by atoms with van der Waals surface area (Å²) in [5, 5.41) is 3.50. The van der Waals surface area contributed by atoms with Crippen LogP contribution in [-0.2, 0) is 9.47 Å². The van der Waals surface area contributed by atoms with Gasteiger partial charge in [0.1, 0.15) is 0 Å². The molecule has 2 saturated carbocycles. The second-order valence-electron chi connectivity index (χ2n) is 8.13. The highest BCUT2D eigenvalue weighted by Gasteiger charge is 2.38. The monoisotopic (exact) mass is 351 g/mol. The number of nitrogens with one attached hydrogen (secondary N) is 1. The Bertz CT molecular complexity index is 429. The molecule has 1 N–H and O–H groups in total. The van der Waals surface area contributed by atoms with Crippen molar-refractivity contribution in [2.45, 2.75) is 45.4 Å². The first-order valence-corrected chi connectivity index (χ1v) is 10.4. The molecule has 2 aliphatic carbocycles. The van der Waals surface area contributed by atoms with Crippen molar-refractivity contribution < 1.29 is 9.47 Å². The molecule has 4 unspecified atom stereocenters. The molecule has 5 heteroatoms. The number of hydrogen-bond donors (Lipinski definition) is 1. The summed E-state index contributed by atoms with van der Waals surface area (Å²) >= 11 is 0. The Balaban J connectivity index is 1.41. The van der Waals surface area contributed by atoms with Crippen molar-refractivity contribution in [3.05, 3.63) is 0 Å². The van der Waals surface area contributed by atoms with Crippen LogP contribution in [0.3, 0.4) is 0 Å². The van der Waals surface area contributed by atoms with Crippen LogP contribution in [0, 0.1) is 23.7 Å². The molecule has 0 spiro atoms. The van der Waals surface area contributed by atoms with Gasteiger partial charge < -0.3 is 19.7 Å². The summed E-state index contributed by atoms with van der Waals surface area (Å²) in [6.07, 6.45) is 8.44. The van der Waals surface area contributed by atoms with Crippen LogP contribution in [0.15, 0.2) is 4.99 Å². The van der Waals surface area contributed by atoms with Gasteiger partial charge in [-0.25, -0.2) is 0 Å². The van der Waals surface area contributed by atoms with Gasteiger partial charge in [-0.3, -0.25) is 4.99 Å². The lowest BCUT2D eigenvalue weighted by atomic mass is 9.86. The Morgan fingerprint density at radius 2 is 2.12 bits per heavy atom. The molecule has 5 nitrogen and oxygen atoms in total. The maximum Gasteiger partial charge on any atom is 0.193 e. The number of likely N-dealkylation sites (tertiary alicyclic amines) is 1. The smallest absolute Gasteiger partial charge is 0.193 e. The number of hydrogen-bond acceptors (Lipinski definition) is 3. The summed E-state index contributed by atoms with van der Waals surface area (Å²) in [7, 11) is 1.72. The average Bonchev–Trinajstić information content (AvgIpc) is 3.35. The molecule has 3 aliphatic rings. The van der Waals surface area contributed by atoms with Gasteiger partial charge in [-0.05, 0) is 56.8 Å². The van der Waals surface area contributed by atoms with Gasteiger partial charge in [-0.15, -0.1) is 0 Å². The quantitative estimate of drug-likeness (QED) is 0.394. The van der Waals surface area contributed by atoms with Crippen molar-refractivity contribution >= 4 is 5.96 Å². The fourth-order valence-corrected chi connectivity index (χ4v) is 5.05. The molecule has 0 radical (unpaired) electrons. The number of nitrogens with zero attached hydrogens (tertiary/aromatic N) is 2. The van der Waals surface area contributed by atoms with Gasteiger partial charge in [0.25, 0.3) is 0 Å². The Kier molecular flexibility index (Phi) is 7.41. The predicted molar refractivity (Wildman–Crippen MR) is 102 cm³/mol. The molecule has 3 rings (SSSR count). The van der Waals surface area contributed by atoms with E-state index in [1.807, 2.05) is 0 Å². The van der Waals surface area contributed by atoms with Crippen LogP contribution >= 0.6 is 0 Å². The molecule has 4 atom stereocenters. The Labute approximate surface area is 153 Å². The van der Waals surface area contributed by atoms with Crippen molar-refractivity contribution in [2.24, 2.45) is 28.7 Å². The molecular weight excluding hydrogens is 314 g/mol. The van der Waals surface area contributed by atoms with Gasteiger partial charge in [0.05, 0.1) is 19.8 Å². The van der Waals surface area contributed by atoms with Crippen LogP contribution in [0.4, 0.5) is 0 Å². The first-order valence-electron chi connectivity index (χ1n) is 10.4. The zero-order valence-corrected chi connectivity index (χ0v) is 16.2. The predicted octanol–water partition coefficient (Wildman–Crippen LogP) is 2.76. The van der Waals surface area contributed by atoms with E-state index in [1.54, 1.807) is 7.11 Å². The molecule has 0 aromatic rings. The number of fused-ring (bicyclic) bond motifs is 2. The zero-order valence-electron chi connectivity index (χ0n) is 16.2. The standard InChI is InChI=1S/C20H37N3O2/c1-3-21-20(22-8-6-19-13-16-4-5-18(19)12-16)23-9-7-17(14-23)15-25-11-10-24-2/h16-19H,3-15H2,1-2H3,(H,21,22). The van der Waals surface area contributed by atoms with Crippen molar-refractivity contribution in [1.82, 2.24) is 10.2 Å². The third kappa shape index (κ3) is 5.33. The Hall–Kier alpha value is -0.810. The van der Waals surface area contributed by atoms with Crippen LogP contribution in [0.2, 0.25) is 0 Å². The van der Waals surface area contributed by atoms with Crippen molar-refractivity contribution in [1.29, 1.82) is 0 Å². The summed E-state index contributed by atoms with van der Waals surface area (Å²) in [6, 6.07) is 0. The minimum Gasteiger partial charge on any atom is -0.382 e. The molecule has 0 aromatic carbocycles. The minimum absolute atomic E-state index is 0.617. The zero-order chi connectivity index (χ0) is 17.5. The lowest BCUT2D eigenvalue weighted by Gasteiger charge is -2.23. The van der Waals surface area contributed by atoms with Gasteiger partial charge >= 0.3 is 0 Å².